The number of nitro benzene ring substituents is 1. The molecule has 24 heavy (non-hydrogen) atoms. The maximum Gasteiger partial charge on any atom is 0.272 e. The Labute approximate surface area is 138 Å². The zero-order chi connectivity index (χ0) is 17.7. The second kappa shape index (κ2) is 7.54. The van der Waals surface area contributed by atoms with Crippen LogP contribution in [0.2, 0.25) is 0 Å². The van der Waals surface area contributed by atoms with Gasteiger partial charge in [0.2, 0.25) is 0 Å². The number of benzene rings is 2. The molecule has 0 heterocycles. The van der Waals surface area contributed by atoms with Crippen molar-refractivity contribution in [1.29, 1.82) is 0 Å². The Balaban J connectivity index is 1.92. The summed E-state index contributed by atoms with van der Waals surface area (Å²) in [7, 11) is 0. The fraction of sp³-hybridized carbons (Fsp3) is 0.235. The Hall–Kier alpha value is -2.96. The number of ether oxygens (including phenoxy) is 1. The number of hydrogen-bond donors (Lipinski definition) is 1. The van der Waals surface area contributed by atoms with Gasteiger partial charge >= 0.3 is 0 Å². The molecule has 0 unspecified atom stereocenters. The van der Waals surface area contributed by atoms with E-state index >= 15 is 0 Å². The second-order valence-electron chi connectivity index (χ2n) is 5.31. The number of carbonyl (C=O) groups is 1. The van der Waals surface area contributed by atoms with Crippen molar-refractivity contribution in [2.24, 2.45) is 0 Å². The van der Waals surface area contributed by atoms with Crippen LogP contribution < -0.4 is 10.1 Å². The first kappa shape index (κ1) is 17.4. The molecule has 2 aromatic carbocycles. The molecule has 0 aliphatic rings. The van der Waals surface area contributed by atoms with Crippen LogP contribution in [0.4, 0.5) is 10.1 Å². The van der Waals surface area contributed by atoms with Crippen LogP contribution in [-0.2, 0) is 11.3 Å². The summed E-state index contributed by atoms with van der Waals surface area (Å²) in [6.45, 7) is 3.44. The Morgan fingerprint density at radius 2 is 1.96 bits per heavy atom. The Morgan fingerprint density at radius 3 is 2.54 bits per heavy atom. The summed E-state index contributed by atoms with van der Waals surface area (Å²) in [6.07, 6.45) is -0.772. The van der Waals surface area contributed by atoms with Gasteiger partial charge in [-0.3, -0.25) is 14.9 Å². The highest BCUT2D eigenvalue weighted by atomic mass is 19.1. The fourth-order valence-corrected chi connectivity index (χ4v) is 2.10. The van der Waals surface area contributed by atoms with E-state index in [0.29, 0.717) is 11.3 Å². The minimum atomic E-state index is -0.772. The van der Waals surface area contributed by atoms with E-state index < -0.39 is 11.0 Å². The predicted octanol–water partition coefficient (Wildman–Crippen LogP) is 3.13. The minimum Gasteiger partial charge on any atom is -0.481 e. The lowest BCUT2D eigenvalue weighted by Gasteiger charge is -2.15. The van der Waals surface area contributed by atoms with Gasteiger partial charge in [0, 0.05) is 18.2 Å². The average Bonchev–Trinajstić information content (AvgIpc) is 2.53. The van der Waals surface area contributed by atoms with E-state index in [1.54, 1.807) is 26.0 Å². The predicted molar refractivity (Wildman–Crippen MR) is 86.2 cm³/mol. The number of nitrogens with zero attached hydrogens (tertiary/aromatic N) is 1. The zero-order valence-corrected chi connectivity index (χ0v) is 13.3. The minimum absolute atomic E-state index is 0.00392. The summed E-state index contributed by atoms with van der Waals surface area (Å²) in [5.41, 5.74) is 1.22. The van der Waals surface area contributed by atoms with Gasteiger partial charge in [-0.1, -0.05) is 12.1 Å². The van der Waals surface area contributed by atoms with Crippen molar-refractivity contribution in [2.75, 3.05) is 0 Å². The van der Waals surface area contributed by atoms with E-state index in [0.717, 1.165) is 5.56 Å². The van der Waals surface area contributed by atoms with Crippen molar-refractivity contribution in [3.05, 3.63) is 69.5 Å². The van der Waals surface area contributed by atoms with E-state index in [2.05, 4.69) is 5.32 Å². The smallest absolute Gasteiger partial charge is 0.272 e. The molecule has 0 bridgehead atoms. The largest absolute Gasteiger partial charge is 0.481 e. The first-order valence-corrected chi connectivity index (χ1v) is 7.30. The normalized spacial score (nSPS) is 11.6. The molecule has 0 aliphatic carbocycles. The van der Waals surface area contributed by atoms with Crippen LogP contribution in [0, 0.1) is 22.9 Å². The third kappa shape index (κ3) is 4.52. The van der Waals surface area contributed by atoms with Crippen LogP contribution in [0.15, 0.2) is 42.5 Å². The number of hydrogen-bond acceptors (Lipinski definition) is 4. The lowest BCUT2D eigenvalue weighted by Crippen LogP contribution is -2.35. The summed E-state index contributed by atoms with van der Waals surface area (Å²) in [6, 6.07) is 10.1. The molecule has 1 atom stereocenters. The lowest BCUT2D eigenvalue weighted by molar-refractivity contribution is -0.385. The van der Waals surface area contributed by atoms with Gasteiger partial charge in [0.1, 0.15) is 11.6 Å². The summed E-state index contributed by atoms with van der Waals surface area (Å²) >= 11 is 0. The van der Waals surface area contributed by atoms with Crippen molar-refractivity contribution in [2.45, 2.75) is 26.5 Å². The van der Waals surface area contributed by atoms with Gasteiger partial charge in [0.25, 0.3) is 11.6 Å². The number of nitro groups is 1. The molecule has 126 valence electrons. The molecule has 1 N–H and O–H groups in total. The van der Waals surface area contributed by atoms with Crippen LogP contribution in [0.5, 0.6) is 5.75 Å². The Morgan fingerprint density at radius 1 is 1.29 bits per heavy atom. The Kier molecular flexibility index (Phi) is 5.47. The number of rotatable bonds is 6. The van der Waals surface area contributed by atoms with Crippen LogP contribution >= 0.6 is 0 Å². The van der Waals surface area contributed by atoms with E-state index in [-0.39, 0.29) is 24.0 Å². The average molecular weight is 332 g/mol. The summed E-state index contributed by atoms with van der Waals surface area (Å²) < 4.78 is 18.3. The molecule has 0 fully saturated rings. The third-order valence-electron chi connectivity index (χ3n) is 3.43. The van der Waals surface area contributed by atoms with E-state index in [4.69, 9.17) is 4.74 Å². The fourth-order valence-electron chi connectivity index (χ4n) is 2.10. The standard InChI is InChI=1S/C17H17FN2O4/c1-11-9-15(7-8-16(11)20(22)23)24-12(2)17(21)19-10-13-3-5-14(18)6-4-13/h3-9,12H,10H2,1-2H3,(H,19,21)/t12-/m0/s1. The van der Waals surface area contributed by atoms with Crippen LogP contribution in [0.25, 0.3) is 0 Å². The molecular formula is C17H17FN2O4. The first-order chi connectivity index (χ1) is 11.4. The number of amides is 1. The maximum atomic E-state index is 12.8. The molecule has 2 aromatic rings. The van der Waals surface area contributed by atoms with Crippen molar-refractivity contribution in [3.8, 4) is 5.75 Å². The molecular weight excluding hydrogens is 315 g/mol. The van der Waals surface area contributed by atoms with Gasteiger partial charge in [-0.05, 0) is 43.7 Å². The summed E-state index contributed by atoms with van der Waals surface area (Å²) in [5.74, 6) is -0.298. The Bertz CT molecular complexity index is 747. The molecule has 2 rings (SSSR count). The SMILES string of the molecule is Cc1cc(O[C@@H](C)C(=O)NCc2ccc(F)cc2)ccc1[N+](=O)[O-]. The topological polar surface area (TPSA) is 81.5 Å². The van der Waals surface area contributed by atoms with Crippen molar-refractivity contribution >= 4 is 11.6 Å². The highest BCUT2D eigenvalue weighted by Gasteiger charge is 2.16. The number of carbonyl (C=O) groups excluding carboxylic acids is 1. The molecule has 6 nitrogen and oxygen atoms in total. The molecule has 0 radical (unpaired) electrons. The molecule has 0 spiro atoms. The van der Waals surface area contributed by atoms with Crippen LogP contribution in [0.3, 0.4) is 0 Å². The van der Waals surface area contributed by atoms with Crippen molar-refractivity contribution in [3.63, 3.8) is 0 Å². The van der Waals surface area contributed by atoms with Gasteiger partial charge in [0.05, 0.1) is 4.92 Å². The van der Waals surface area contributed by atoms with E-state index in [1.807, 2.05) is 0 Å². The van der Waals surface area contributed by atoms with E-state index in [1.165, 1.54) is 30.3 Å². The molecule has 0 saturated carbocycles. The second-order valence-corrected chi connectivity index (χ2v) is 5.31. The zero-order valence-electron chi connectivity index (χ0n) is 13.3. The molecule has 0 saturated heterocycles. The van der Waals surface area contributed by atoms with Crippen LogP contribution in [0.1, 0.15) is 18.1 Å². The monoisotopic (exact) mass is 332 g/mol. The van der Waals surface area contributed by atoms with Gasteiger partial charge in [-0.15, -0.1) is 0 Å². The first-order valence-electron chi connectivity index (χ1n) is 7.30. The maximum absolute atomic E-state index is 12.8. The molecule has 7 heteroatoms. The molecule has 1 amide bonds. The quantitative estimate of drug-likeness (QED) is 0.651. The summed E-state index contributed by atoms with van der Waals surface area (Å²) in [5, 5.41) is 13.5. The van der Waals surface area contributed by atoms with Crippen molar-refractivity contribution in [1.82, 2.24) is 5.32 Å². The van der Waals surface area contributed by atoms with Gasteiger partial charge < -0.3 is 10.1 Å². The van der Waals surface area contributed by atoms with Gasteiger partial charge in [-0.2, -0.15) is 0 Å². The van der Waals surface area contributed by atoms with Crippen LogP contribution in [-0.4, -0.2) is 16.9 Å². The third-order valence-corrected chi connectivity index (χ3v) is 3.43. The lowest BCUT2D eigenvalue weighted by atomic mass is 10.2. The van der Waals surface area contributed by atoms with E-state index in [9.17, 15) is 19.3 Å². The number of nitrogens with one attached hydrogen (secondary N) is 1. The summed E-state index contributed by atoms with van der Waals surface area (Å²) in [4.78, 5) is 22.3. The number of halogens is 1. The highest BCUT2D eigenvalue weighted by molar-refractivity contribution is 5.80. The number of aryl methyl sites for hydroxylation is 1. The molecule has 0 aliphatic heterocycles. The van der Waals surface area contributed by atoms with Gasteiger partial charge in [0.15, 0.2) is 6.10 Å². The highest BCUT2D eigenvalue weighted by Crippen LogP contribution is 2.23. The molecule has 0 aromatic heterocycles. The van der Waals surface area contributed by atoms with Crippen molar-refractivity contribution < 1.29 is 18.8 Å². The van der Waals surface area contributed by atoms with Gasteiger partial charge in [-0.25, -0.2) is 4.39 Å².